The van der Waals surface area contributed by atoms with Crippen LogP contribution in [0.2, 0.25) is 0 Å². The largest absolute Gasteiger partial charge is 0.396 e. The minimum atomic E-state index is -0.114. The Morgan fingerprint density at radius 2 is 2.00 bits per heavy atom. The van der Waals surface area contributed by atoms with Gasteiger partial charge < -0.3 is 10.2 Å². The van der Waals surface area contributed by atoms with Crippen LogP contribution in [-0.2, 0) is 4.79 Å². The Bertz CT molecular complexity index is 470. The molecule has 0 unspecified atom stereocenters. The predicted octanol–water partition coefficient (Wildman–Crippen LogP) is 3.74. The van der Waals surface area contributed by atoms with Crippen molar-refractivity contribution in [2.45, 2.75) is 66.2 Å². The number of aliphatic hydroxyl groups is 2. The van der Waals surface area contributed by atoms with E-state index < -0.39 is 0 Å². The fraction of sp³-hybridized carbons (Fsp3) is 0.850. The van der Waals surface area contributed by atoms with E-state index in [1.165, 1.54) is 5.57 Å². The lowest BCUT2D eigenvalue weighted by Crippen LogP contribution is -2.55. The lowest BCUT2D eigenvalue weighted by atomic mass is 9.45. The maximum atomic E-state index is 12.6. The maximum absolute atomic E-state index is 12.6. The minimum Gasteiger partial charge on any atom is -0.396 e. The zero-order chi connectivity index (χ0) is 17.3. The smallest absolute Gasteiger partial charge is 0.136 e. The molecule has 0 aromatic rings. The molecule has 0 radical (unpaired) electrons. The van der Waals surface area contributed by atoms with Crippen LogP contribution < -0.4 is 0 Å². The van der Waals surface area contributed by atoms with Crippen molar-refractivity contribution >= 4 is 5.78 Å². The second-order valence-corrected chi connectivity index (χ2v) is 8.56. The Morgan fingerprint density at radius 3 is 2.61 bits per heavy atom. The molecule has 0 heterocycles. The maximum Gasteiger partial charge on any atom is 0.136 e. The first-order chi connectivity index (χ1) is 10.8. The molecule has 2 fully saturated rings. The third-order valence-corrected chi connectivity index (χ3v) is 7.12. The van der Waals surface area contributed by atoms with Gasteiger partial charge >= 0.3 is 0 Å². The van der Waals surface area contributed by atoms with E-state index in [4.69, 9.17) is 5.11 Å². The molecule has 2 aliphatic rings. The molecule has 2 rings (SSSR count). The van der Waals surface area contributed by atoms with Crippen molar-refractivity contribution in [3.05, 3.63) is 11.6 Å². The van der Waals surface area contributed by atoms with Gasteiger partial charge in [0.25, 0.3) is 0 Å². The lowest BCUT2D eigenvalue weighted by Gasteiger charge is -2.59. The summed E-state index contributed by atoms with van der Waals surface area (Å²) in [6, 6.07) is 0. The summed E-state index contributed by atoms with van der Waals surface area (Å²) in [6.07, 6.45) is 7.79. The molecule has 3 heteroatoms. The average Bonchev–Trinajstić information content (AvgIpc) is 2.50. The number of hydrogen-bond donors (Lipinski definition) is 2. The van der Waals surface area contributed by atoms with Gasteiger partial charge in [0.1, 0.15) is 5.78 Å². The summed E-state index contributed by atoms with van der Waals surface area (Å²) >= 11 is 0. The molecule has 0 aromatic carbocycles. The molecular weight excluding hydrogens is 288 g/mol. The highest BCUT2D eigenvalue weighted by atomic mass is 16.3. The van der Waals surface area contributed by atoms with E-state index in [1.807, 2.05) is 6.08 Å². The lowest BCUT2D eigenvalue weighted by molar-refractivity contribution is -0.153. The molecule has 0 aromatic heterocycles. The van der Waals surface area contributed by atoms with Gasteiger partial charge in [-0.2, -0.15) is 0 Å². The third-order valence-electron chi connectivity index (χ3n) is 7.12. The van der Waals surface area contributed by atoms with Gasteiger partial charge in [-0.25, -0.2) is 0 Å². The van der Waals surface area contributed by atoms with Crippen LogP contribution in [0.4, 0.5) is 0 Å². The molecule has 2 aliphatic carbocycles. The van der Waals surface area contributed by atoms with Crippen LogP contribution in [0.15, 0.2) is 11.6 Å². The molecule has 0 saturated heterocycles. The van der Waals surface area contributed by atoms with Gasteiger partial charge in [0.05, 0.1) is 6.61 Å². The van der Waals surface area contributed by atoms with E-state index in [2.05, 4.69) is 27.7 Å². The molecule has 132 valence electrons. The molecule has 2 saturated carbocycles. The molecule has 23 heavy (non-hydrogen) atoms. The van der Waals surface area contributed by atoms with Crippen LogP contribution >= 0.6 is 0 Å². The first kappa shape index (κ1) is 18.7. The second-order valence-electron chi connectivity index (χ2n) is 8.56. The molecular formula is C20H34O3. The number of hydrogen-bond acceptors (Lipinski definition) is 3. The van der Waals surface area contributed by atoms with Gasteiger partial charge in [0.15, 0.2) is 0 Å². The quantitative estimate of drug-likeness (QED) is 0.758. The minimum absolute atomic E-state index is 0.0907. The zero-order valence-electron chi connectivity index (χ0n) is 15.3. The molecule has 5 atom stereocenters. The summed E-state index contributed by atoms with van der Waals surface area (Å²) < 4.78 is 0. The average molecular weight is 322 g/mol. The number of ketones is 1. The predicted molar refractivity (Wildman–Crippen MR) is 93.0 cm³/mol. The van der Waals surface area contributed by atoms with Crippen molar-refractivity contribution < 1.29 is 15.0 Å². The molecule has 2 N–H and O–H groups in total. The first-order valence-electron chi connectivity index (χ1n) is 9.18. The number of Topliss-reactive ketones (excluding diaryl/α,β-unsaturated/α-hetero) is 1. The number of rotatable bonds is 5. The van der Waals surface area contributed by atoms with E-state index in [-0.39, 0.29) is 30.0 Å². The first-order valence-corrected chi connectivity index (χ1v) is 9.18. The van der Waals surface area contributed by atoms with Gasteiger partial charge in [0, 0.05) is 18.9 Å². The van der Waals surface area contributed by atoms with Crippen LogP contribution in [0.25, 0.3) is 0 Å². The van der Waals surface area contributed by atoms with Crippen LogP contribution in [0.5, 0.6) is 0 Å². The third kappa shape index (κ3) is 3.41. The van der Waals surface area contributed by atoms with Crippen molar-refractivity contribution in [2.24, 2.45) is 28.6 Å². The fourth-order valence-corrected chi connectivity index (χ4v) is 5.53. The monoisotopic (exact) mass is 322 g/mol. The standard InChI is InChI=1S/C20H34O3/c1-14(8-11-21)6-7-16-15(2)17(23)12-18-19(3,13-22)9-5-10-20(16,18)4/h8,15-16,18,21-22H,5-7,9-13H2,1-4H3/b14-8+/t15-,16-,18+,19+,20+/m0/s1. The van der Waals surface area contributed by atoms with Crippen molar-refractivity contribution in [3.63, 3.8) is 0 Å². The summed E-state index contributed by atoms with van der Waals surface area (Å²) in [5, 5.41) is 19.0. The zero-order valence-corrected chi connectivity index (χ0v) is 15.3. The van der Waals surface area contributed by atoms with Gasteiger partial charge in [-0.05, 0) is 55.3 Å². The van der Waals surface area contributed by atoms with Gasteiger partial charge in [-0.15, -0.1) is 0 Å². The number of carbonyl (C=O) groups excluding carboxylic acids is 1. The van der Waals surface area contributed by atoms with E-state index in [1.54, 1.807) is 0 Å². The highest BCUT2D eigenvalue weighted by Crippen LogP contribution is 2.61. The number of fused-ring (bicyclic) bond motifs is 1. The summed E-state index contributed by atoms with van der Waals surface area (Å²) in [7, 11) is 0. The molecule has 0 spiro atoms. The number of allylic oxidation sites excluding steroid dienone is 1. The molecule has 3 nitrogen and oxygen atoms in total. The Labute approximate surface area is 141 Å². The molecule has 0 bridgehead atoms. The van der Waals surface area contributed by atoms with E-state index in [9.17, 15) is 9.90 Å². The van der Waals surface area contributed by atoms with Crippen molar-refractivity contribution in [1.82, 2.24) is 0 Å². The van der Waals surface area contributed by atoms with E-state index in [0.29, 0.717) is 24.0 Å². The Kier molecular flexibility index (Phi) is 5.73. The summed E-state index contributed by atoms with van der Waals surface area (Å²) in [5.74, 6) is 1.16. The van der Waals surface area contributed by atoms with Crippen LogP contribution in [0, 0.1) is 28.6 Å². The SMILES string of the molecule is C/C(=C\CO)CC[C@H]1[C@H](C)C(=O)C[C@@H]2[C@@](C)(CO)CCC[C@@]21C. The Morgan fingerprint density at radius 1 is 1.30 bits per heavy atom. The normalized spacial score (nSPS) is 41.7. The number of carbonyl (C=O) groups is 1. The fourth-order valence-electron chi connectivity index (χ4n) is 5.53. The highest BCUT2D eigenvalue weighted by molar-refractivity contribution is 5.82. The summed E-state index contributed by atoms with van der Waals surface area (Å²) in [6.45, 7) is 8.98. The van der Waals surface area contributed by atoms with Crippen LogP contribution in [0.1, 0.15) is 66.2 Å². The van der Waals surface area contributed by atoms with E-state index >= 15 is 0 Å². The molecule has 0 amide bonds. The van der Waals surface area contributed by atoms with Crippen LogP contribution in [0.3, 0.4) is 0 Å². The topological polar surface area (TPSA) is 57.5 Å². The second kappa shape index (κ2) is 7.06. The van der Waals surface area contributed by atoms with E-state index in [0.717, 1.165) is 32.1 Å². The molecule has 0 aliphatic heterocycles. The van der Waals surface area contributed by atoms with Gasteiger partial charge in [-0.3, -0.25) is 4.79 Å². The highest BCUT2D eigenvalue weighted by Gasteiger charge is 2.57. The number of aliphatic hydroxyl groups excluding tert-OH is 2. The Hall–Kier alpha value is -0.670. The summed E-state index contributed by atoms with van der Waals surface area (Å²) in [4.78, 5) is 12.6. The van der Waals surface area contributed by atoms with Gasteiger partial charge in [-0.1, -0.05) is 38.8 Å². The Balaban J connectivity index is 2.27. The van der Waals surface area contributed by atoms with Crippen molar-refractivity contribution in [2.75, 3.05) is 13.2 Å². The van der Waals surface area contributed by atoms with Crippen molar-refractivity contribution in [3.8, 4) is 0 Å². The summed E-state index contributed by atoms with van der Waals surface area (Å²) in [5.41, 5.74) is 1.23. The van der Waals surface area contributed by atoms with Crippen LogP contribution in [-0.4, -0.2) is 29.2 Å². The van der Waals surface area contributed by atoms with Gasteiger partial charge in [0.2, 0.25) is 0 Å². The van der Waals surface area contributed by atoms with Crippen molar-refractivity contribution in [1.29, 1.82) is 0 Å².